The Morgan fingerprint density at radius 3 is 2.61 bits per heavy atom. The number of benzene rings is 1. The summed E-state index contributed by atoms with van der Waals surface area (Å²) in [4.78, 5) is 0. The molecule has 0 unspecified atom stereocenters. The number of hydrogen-bond acceptors (Lipinski definition) is 4. The van der Waals surface area contributed by atoms with E-state index in [0.29, 0.717) is 4.47 Å². The first-order valence-corrected chi connectivity index (χ1v) is 7.02. The van der Waals surface area contributed by atoms with Crippen LogP contribution in [-0.4, -0.2) is 23.2 Å². The molecule has 1 aromatic carbocycles. The molecule has 0 fully saturated rings. The Hall–Kier alpha value is -1.32. The van der Waals surface area contributed by atoms with Crippen LogP contribution >= 0.6 is 15.9 Å². The van der Waals surface area contributed by atoms with Crippen molar-refractivity contribution in [1.29, 1.82) is 0 Å². The molecule has 1 aromatic heterocycles. The lowest BCUT2D eigenvalue weighted by Gasteiger charge is -2.04. The third-order valence-electron chi connectivity index (χ3n) is 2.26. The first-order valence-electron chi connectivity index (χ1n) is 4.68. The lowest BCUT2D eigenvalue weighted by atomic mass is 10.2. The molecular weight excluding hydrogens is 327 g/mol. The second kappa shape index (κ2) is 4.41. The highest BCUT2D eigenvalue weighted by Gasteiger charge is 2.21. The molecule has 2 aromatic rings. The van der Waals surface area contributed by atoms with Crippen molar-refractivity contribution in [1.82, 2.24) is 14.8 Å². The Morgan fingerprint density at radius 1 is 1.39 bits per heavy atom. The maximum atomic E-state index is 13.7. The van der Waals surface area contributed by atoms with Gasteiger partial charge in [-0.05, 0) is 18.2 Å². The Morgan fingerprint density at radius 2 is 2.06 bits per heavy atom. The summed E-state index contributed by atoms with van der Waals surface area (Å²) in [6.45, 7) is 0. The lowest BCUT2D eigenvalue weighted by molar-refractivity contribution is 0.580. The molecular formula is C9H8BrFN4O2S. The molecule has 96 valence electrons. The minimum atomic E-state index is -3.99. The second-order valence-corrected chi connectivity index (χ2v) is 5.91. The summed E-state index contributed by atoms with van der Waals surface area (Å²) in [5, 5.41) is 11.6. The SMILES string of the molecule is Cn1c(-c2cc(Br)ccc2F)nnc1S(N)(=O)=O. The number of halogens is 2. The third kappa shape index (κ3) is 2.28. The van der Waals surface area contributed by atoms with Crippen molar-refractivity contribution >= 4 is 26.0 Å². The predicted molar refractivity (Wildman–Crippen MR) is 65.5 cm³/mol. The van der Waals surface area contributed by atoms with Crippen molar-refractivity contribution < 1.29 is 12.8 Å². The standard InChI is InChI=1S/C9H8BrFN4O2S/c1-15-8(13-14-9(15)18(12,16)17)6-4-5(10)2-3-7(6)11/h2-4H,1H3,(H2,12,16,17). The van der Waals surface area contributed by atoms with Gasteiger partial charge in [0.05, 0.1) is 5.56 Å². The number of nitrogens with zero attached hydrogens (tertiary/aromatic N) is 3. The fraction of sp³-hybridized carbons (Fsp3) is 0.111. The molecule has 0 aliphatic rings. The number of aromatic nitrogens is 3. The van der Waals surface area contributed by atoms with Crippen molar-refractivity contribution in [2.75, 3.05) is 0 Å². The molecule has 6 nitrogen and oxygen atoms in total. The molecule has 18 heavy (non-hydrogen) atoms. The lowest BCUT2D eigenvalue weighted by Crippen LogP contribution is -2.17. The molecule has 1 heterocycles. The summed E-state index contributed by atoms with van der Waals surface area (Å²) in [5.41, 5.74) is 0.134. The Bertz CT molecular complexity index is 713. The van der Waals surface area contributed by atoms with Crippen LogP contribution in [0.5, 0.6) is 0 Å². The van der Waals surface area contributed by atoms with Crippen molar-refractivity contribution in [2.24, 2.45) is 12.2 Å². The maximum absolute atomic E-state index is 13.7. The van der Waals surface area contributed by atoms with Crippen molar-refractivity contribution in [3.8, 4) is 11.4 Å². The molecule has 0 radical (unpaired) electrons. The molecule has 0 aliphatic carbocycles. The van der Waals surface area contributed by atoms with Gasteiger partial charge in [-0.3, -0.25) is 4.57 Å². The van der Waals surface area contributed by atoms with Gasteiger partial charge in [0.15, 0.2) is 5.82 Å². The average molecular weight is 335 g/mol. The van der Waals surface area contributed by atoms with Gasteiger partial charge in [-0.25, -0.2) is 17.9 Å². The minimum Gasteiger partial charge on any atom is -0.300 e. The molecule has 0 aliphatic heterocycles. The van der Waals surface area contributed by atoms with Crippen LogP contribution in [0, 0.1) is 5.82 Å². The molecule has 2 rings (SSSR count). The Labute approximate surface area is 111 Å². The van der Waals surface area contributed by atoms with Gasteiger partial charge in [-0.15, -0.1) is 10.2 Å². The van der Waals surface area contributed by atoms with E-state index in [0.717, 1.165) is 4.57 Å². The highest BCUT2D eigenvalue weighted by Crippen LogP contribution is 2.25. The number of sulfonamides is 1. The number of hydrogen-bond donors (Lipinski definition) is 1. The maximum Gasteiger partial charge on any atom is 0.273 e. The largest absolute Gasteiger partial charge is 0.300 e. The molecule has 0 amide bonds. The molecule has 0 saturated carbocycles. The van der Waals surface area contributed by atoms with Crippen LogP contribution in [0.2, 0.25) is 0 Å². The van der Waals surface area contributed by atoms with Crippen LogP contribution in [0.25, 0.3) is 11.4 Å². The van der Waals surface area contributed by atoms with E-state index >= 15 is 0 Å². The van der Waals surface area contributed by atoms with Crippen molar-refractivity contribution in [2.45, 2.75) is 5.16 Å². The van der Waals surface area contributed by atoms with E-state index in [2.05, 4.69) is 26.1 Å². The second-order valence-electron chi connectivity index (χ2n) is 3.53. The van der Waals surface area contributed by atoms with E-state index in [1.54, 1.807) is 0 Å². The summed E-state index contributed by atoms with van der Waals surface area (Å²) >= 11 is 3.20. The van der Waals surface area contributed by atoms with E-state index in [1.165, 1.54) is 25.2 Å². The van der Waals surface area contributed by atoms with E-state index in [1.807, 2.05) is 0 Å². The summed E-state index contributed by atoms with van der Waals surface area (Å²) in [5.74, 6) is -0.451. The monoisotopic (exact) mass is 334 g/mol. The first-order chi connectivity index (χ1) is 8.30. The first kappa shape index (κ1) is 13.1. The van der Waals surface area contributed by atoms with Crippen LogP contribution in [0.15, 0.2) is 27.8 Å². The molecule has 0 saturated heterocycles. The fourth-order valence-electron chi connectivity index (χ4n) is 1.47. The van der Waals surface area contributed by atoms with Crippen LogP contribution in [0.4, 0.5) is 4.39 Å². The summed E-state index contributed by atoms with van der Waals surface area (Å²) in [6, 6.07) is 4.24. The molecule has 0 atom stereocenters. The van der Waals surface area contributed by atoms with Gasteiger partial charge in [-0.1, -0.05) is 15.9 Å². The van der Waals surface area contributed by atoms with Gasteiger partial charge in [0.25, 0.3) is 15.2 Å². The van der Waals surface area contributed by atoms with E-state index < -0.39 is 21.0 Å². The number of rotatable bonds is 2. The molecule has 0 spiro atoms. The average Bonchev–Trinajstić information content (AvgIpc) is 2.63. The molecule has 2 N–H and O–H groups in total. The molecule has 0 bridgehead atoms. The summed E-state index contributed by atoms with van der Waals surface area (Å²) in [7, 11) is -2.59. The van der Waals surface area contributed by atoms with Gasteiger partial charge >= 0.3 is 0 Å². The van der Waals surface area contributed by atoms with Crippen LogP contribution in [0.3, 0.4) is 0 Å². The summed E-state index contributed by atoms with van der Waals surface area (Å²) in [6.07, 6.45) is 0. The quantitative estimate of drug-likeness (QED) is 0.887. The highest BCUT2D eigenvalue weighted by molar-refractivity contribution is 9.10. The fourth-order valence-corrected chi connectivity index (χ4v) is 2.45. The van der Waals surface area contributed by atoms with Gasteiger partial charge in [0.2, 0.25) is 0 Å². The van der Waals surface area contributed by atoms with Gasteiger partial charge in [0, 0.05) is 11.5 Å². The van der Waals surface area contributed by atoms with Gasteiger partial charge < -0.3 is 0 Å². The zero-order chi connectivity index (χ0) is 13.5. The zero-order valence-corrected chi connectivity index (χ0v) is 11.5. The van der Waals surface area contributed by atoms with E-state index in [9.17, 15) is 12.8 Å². The minimum absolute atomic E-state index is 0.0813. The Balaban J connectivity index is 2.67. The Kier molecular flexibility index (Phi) is 3.21. The van der Waals surface area contributed by atoms with E-state index in [-0.39, 0.29) is 11.4 Å². The van der Waals surface area contributed by atoms with Crippen LogP contribution in [-0.2, 0) is 17.1 Å². The topological polar surface area (TPSA) is 90.9 Å². The molecule has 9 heteroatoms. The highest BCUT2D eigenvalue weighted by atomic mass is 79.9. The van der Waals surface area contributed by atoms with Gasteiger partial charge in [-0.2, -0.15) is 0 Å². The van der Waals surface area contributed by atoms with Crippen molar-refractivity contribution in [3.05, 3.63) is 28.5 Å². The van der Waals surface area contributed by atoms with Crippen molar-refractivity contribution in [3.63, 3.8) is 0 Å². The van der Waals surface area contributed by atoms with Crippen LogP contribution in [0.1, 0.15) is 0 Å². The summed E-state index contributed by atoms with van der Waals surface area (Å²) < 4.78 is 37.8. The number of primary sulfonamides is 1. The normalized spacial score (nSPS) is 11.8. The predicted octanol–water partition coefficient (Wildman–Crippen LogP) is 1.03. The van der Waals surface area contributed by atoms with Crippen LogP contribution < -0.4 is 5.14 Å². The third-order valence-corrected chi connectivity index (χ3v) is 3.62. The zero-order valence-electron chi connectivity index (χ0n) is 9.13. The van der Waals surface area contributed by atoms with Gasteiger partial charge in [0.1, 0.15) is 5.82 Å². The smallest absolute Gasteiger partial charge is 0.273 e. The van der Waals surface area contributed by atoms with E-state index in [4.69, 9.17) is 5.14 Å². The number of nitrogens with two attached hydrogens (primary N) is 1.